The minimum atomic E-state index is -0.0385. The van der Waals surface area contributed by atoms with Crippen molar-refractivity contribution in [3.8, 4) is 0 Å². The van der Waals surface area contributed by atoms with Gasteiger partial charge >= 0.3 is 0 Å². The topological polar surface area (TPSA) is 65.5 Å². The van der Waals surface area contributed by atoms with E-state index in [0.717, 1.165) is 31.4 Å². The Labute approximate surface area is 153 Å². The number of hydrogen-bond donors (Lipinski definition) is 3. The molecule has 0 fully saturated rings. The van der Waals surface area contributed by atoms with Crippen molar-refractivity contribution in [2.45, 2.75) is 59.8 Å². The molecule has 22 heavy (non-hydrogen) atoms. The Balaban J connectivity index is 0. The molecular weight excluding hydrogens is 391 g/mol. The molecule has 5 nitrogen and oxygen atoms in total. The number of likely N-dealkylation sites (N-methyl/N-ethyl adjacent to an activating group) is 1. The van der Waals surface area contributed by atoms with Gasteiger partial charge in [0.05, 0.1) is 0 Å². The number of hydrogen-bond acceptors (Lipinski definition) is 2. The van der Waals surface area contributed by atoms with Gasteiger partial charge in [-0.15, -0.1) is 24.0 Å². The summed E-state index contributed by atoms with van der Waals surface area (Å²) in [6.45, 7) is 11.0. The Kier molecular flexibility index (Phi) is 18.2. The van der Waals surface area contributed by atoms with E-state index in [1.807, 2.05) is 13.8 Å². The second kappa shape index (κ2) is 16.8. The number of carbonyl (C=O) groups excluding carboxylic acids is 1. The lowest BCUT2D eigenvalue weighted by atomic mass is 10.0. The van der Waals surface area contributed by atoms with Gasteiger partial charge in [0.25, 0.3) is 0 Å². The number of rotatable bonds is 11. The standard InChI is InChI=1S/C16H34N4O.HI/c1-5-17-15(21)13-20-16(18-6-2)19-12-10-8-7-9-11-14(3)4;/h14H,5-13H2,1-4H3,(H,17,21)(H2,18,19,20);1H. The predicted octanol–water partition coefficient (Wildman–Crippen LogP) is 2.90. The Hall–Kier alpha value is -0.530. The highest BCUT2D eigenvalue weighted by molar-refractivity contribution is 14.0. The van der Waals surface area contributed by atoms with Gasteiger partial charge in [0.1, 0.15) is 6.54 Å². The van der Waals surface area contributed by atoms with Crippen LogP contribution in [-0.4, -0.2) is 38.0 Å². The summed E-state index contributed by atoms with van der Waals surface area (Å²) in [5, 5.41) is 9.17. The van der Waals surface area contributed by atoms with Crippen molar-refractivity contribution >= 4 is 35.8 Å². The summed E-state index contributed by atoms with van der Waals surface area (Å²) < 4.78 is 0. The van der Waals surface area contributed by atoms with Crippen LogP contribution in [-0.2, 0) is 4.79 Å². The first-order valence-corrected chi connectivity index (χ1v) is 8.39. The van der Waals surface area contributed by atoms with Crippen LogP contribution < -0.4 is 16.0 Å². The van der Waals surface area contributed by atoms with Crippen LogP contribution >= 0.6 is 24.0 Å². The Bertz CT molecular complexity index is 296. The fraction of sp³-hybridized carbons (Fsp3) is 0.875. The predicted molar refractivity (Wildman–Crippen MR) is 106 cm³/mol. The molecule has 0 rings (SSSR count). The molecule has 0 bridgehead atoms. The third-order valence-electron chi connectivity index (χ3n) is 3.10. The van der Waals surface area contributed by atoms with Crippen LogP contribution in [0.4, 0.5) is 0 Å². The molecule has 0 aliphatic carbocycles. The maximum Gasteiger partial charge on any atom is 0.241 e. The van der Waals surface area contributed by atoms with E-state index in [-0.39, 0.29) is 36.4 Å². The van der Waals surface area contributed by atoms with E-state index in [9.17, 15) is 4.79 Å². The first kappa shape index (κ1) is 23.7. The molecule has 0 spiro atoms. The smallest absolute Gasteiger partial charge is 0.241 e. The third kappa shape index (κ3) is 15.9. The molecule has 1 amide bonds. The monoisotopic (exact) mass is 426 g/mol. The van der Waals surface area contributed by atoms with Crippen LogP contribution in [0.25, 0.3) is 0 Å². The van der Waals surface area contributed by atoms with E-state index in [1.54, 1.807) is 0 Å². The lowest BCUT2D eigenvalue weighted by molar-refractivity contribution is -0.119. The number of guanidine groups is 1. The van der Waals surface area contributed by atoms with E-state index in [4.69, 9.17) is 0 Å². The van der Waals surface area contributed by atoms with Crippen LogP contribution in [0.2, 0.25) is 0 Å². The lowest BCUT2D eigenvalue weighted by Gasteiger charge is -2.11. The van der Waals surface area contributed by atoms with E-state index in [1.165, 1.54) is 25.7 Å². The van der Waals surface area contributed by atoms with Crippen LogP contribution in [0.3, 0.4) is 0 Å². The van der Waals surface area contributed by atoms with Crippen molar-refractivity contribution in [2.75, 3.05) is 26.2 Å². The quantitative estimate of drug-likeness (QED) is 0.206. The highest BCUT2D eigenvalue weighted by Gasteiger charge is 2.00. The summed E-state index contributed by atoms with van der Waals surface area (Å²) in [7, 11) is 0. The number of amides is 1. The van der Waals surface area contributed by atoms with Crippen LogP contribution in [0.1, 0.15) is 59.8 Å². The molecule has 3 N–H and O–H groups in total. The summed E-state index contributed by atoms with van der Waals surface area (Å²) in [5.74, 6) is 1.50. The number of halogens is 1. The van der Waals surface area contributed by atoms with Gasteiger partial charge < -0.3 is 16.0 Å². The molecule has 0 aromatic heterocycles. The molecule has 0 saturated heterocycles. The van der Waals surface area contributed by atoms with Gasteiger partial charge in [-0.05, 0) is 26.2 Å². The molecule has 0 heterocycles. The highest BCUT2D eigenvalue weighted by atomic mass is 127. The molecular formula is C16H35IN4O. The van der Waals surface area contributed by atoms with Crippen molar-refractivity contribution in [3.63, 3.8) is 0 Å². The number of nitrogens with one attached hydrogen (secondary N) is 3. The fourth-order valence-electron chi connectivity index (χ4n) is 1.98. The van der Waals surface area contributed by atoms with Gasteiger partial charge in [0.2, 0.25) is 5.91 Å². The Morgan fingerprint density at radius 2 is 1.59 bits per heavy atom. The zero-order valence-corrected chi connectivity index (χ0v) is 17.0. The summed E-state index contributed by atoms with van der Waals surface area (Å²) in [5.41, 5.74) is 0. The van der Waals surface area contributed by atoms with Gasteiger partial charge in [-0.25, -0.2) is 4.99 Å². The highest BCUT2D eigenvalue weighted by Crippen LogP contribution is 2.08. The average molecular weight is 426 g/mol. The Morgan fingerprint density at radius 1 is 0.955 bits per heavy atom. The van der Waals surface area contributed by atoms with E-state index < -0.39 is 0 Å². The molecule has 0 aliphatic rings. The van der Waals surface area contributed by atoms with Gasteiger partial charge in [-0.2, -0.15) is 0 Å². The summed E-state index contributed by atoms with van der Waals surface area (Å²) in [6, 6.07) is 0. The molecule has 0 saturated carbocycles. The molecule has 0 radical (unpaired) electrons. The summed E-state index contributed by atoms with van der Waals surface area (Å²) in [4.78, 5) is 15.7. The van der Waals surface area contributed by atoms with Crippen molar-refractivity contribution in [1.29, 1.82) is 0 Å². The molecule has 0 unspecified atom stereocenters. The average Bonchev–Trinajstić information content (AvgIpc) is 2.43. The fourth-order valence-corrected chi connectivity index (χ4v) is 1.98. The molecule has 0 aliphatic heterocycles. The van der Waals surface area contributed by atoms with Gasteiger partial charge in [-0.1, -0.05) is 39.5 Å². The summed E-state index contributed by atoms with van der Waals surface area (Å²) in [6.07, 6.45) is 6.33. The Morgan fingerprint density at radius 3 is 2.18 bits per heavy atom. The molecule has 0 aromatic carbocycles. The molecule has 0 atom stereocenters. The van der Waals surface area contributed by atoms with Crippen molar-refractivity contribution in [2.24, 2.45) is 10.9 Å². The summed E-state index contributed by atoms with van der Waals surface area (Å²) >= 11 is 0. The normalized spacial score (nSPS) is 11.0. The second-order valence-corrected chi connectivity index (χ2v) is 5.67. The number of unbranched alkanes of at least 4 members (excludes halogenated alkanes) is 3. The molecule has 132 valence electrons. The number of aliphatic imine (C=N–C) groups is 1. The first-order chi connectivity index (χ1) is 10.1. The van der Waals surface area contributed by atoms with Crippen molar-refractivity contribution in [3.05, 3.63) is 0 Å². The minimum Gasteiger partial charge on any atom is -0.357 e. The number of carbonyl (C=O) groups is 1. The van der Waals surface area contributed by atoms with Gasteiger partial charge in [0.15, 0.2) is 5.96 Å². The van der Waals surface area contributed by atoms with Crippen molar-refractivity contribution in [1.82, 2.24) is 16.0 Å². The van der Waals surface area contributed by atoms with Crippen LogP contribution in [0.15, 0.2) is 4.99 Å². The van der Waals surface area contributed by atoms with Crippen LogP contribution in [0.5, 0.6) is 0 Å². The minimum absolute atomic E-state index is 0. The number of nitrogens with zero attached hydrogens (tertiary/aromatic N) is 1. The van der Waals surface area contributed by atoms with Crippen LogP contribution in [0, 0.1) is 5.92 Å². The zero-order chi connectivity index (χ0) is 15.9. The largest absolute Gasteiger partial charge is 0.357 e. The third-order valence-corrected chi connectivity index (χ3v) is 3.10. The first-order valence-electron chi connectivity index (χ1n) is 8.39. The van der Waals surface area contributed by atoms with Gasteiger partial charge in [0, 0.05) is 19.6 Å². The van der Waals surface area contributed by atoms with E-state index >= 15 is 0 Å². The van der Waals surface area contributed by atoms with Gasteiger partial charge in [-0.3, -0.25) is 4.79 Å². The lowest BCUT2D eigenvalue weighted by Crippen LogP contribution is -2.39. The van der Waals surface area contributed by atoms with E-state index in [0.29, 0.717) is 6.54 Å². The zero-order valence-electron chi connectivity index (χ0n) is 14.7. The SMILES string of the molecule is CCNC(=O)CN=C(NCC)NCCCCCCC(C)C.I. The maximum absolute atomic E-state index is 11.4. The molecule has 6 heteroatoms. The second-order valence-electron chi connectivity index (χ2n) is 5.67. The maximum atomic E-state index is 11.4. The molecule has 0 aromatic rings. The van der Waals surface area contributed by atoms with E-state index in [2.05, 4.69) is 34.8 Å². The van der Waals surface area contributed by atoms with Crippen molar-refractivity contribution < 1.29 is 4.79 Å².